The Balaban J connectivity index is 1.81. The molecule has 1 saturated heterocycles. The van der Waals surface area contributed by atoms with Crippen LogP contribution in [0.15, 0.2) is 78.9 Å². The zero-order valence-electron chi connectivity index (χ0n) is 17.7. The Morgan fingerprint density at radius 2 is 1.63 bits per heavy atom. The lowest BCUT2D eigenvalue weighted by atomic mass is 9.86. The van der Waals surface area contributed by atoms with E-state index in [1.165, 1.54) is 0 Å². The first kappa shape index (κ1) is 20.2. The van der Waals surface area contributed by atoms with Crippen molar-refractivity contribution >= 4 is 17.3 Å². The van der Waals surface area contributed by atoms with Crippen LogP contribution >= 0.6 is 0 Å². The van der Waals surface area contributed by atoms with Crippen LogP contribution in [0.2, 0.25) is 0 Å². The van der Waals surface area contributed by atoms with Gasteiger partial charge in [-0.3, -0.25) is 9.69 Å². The summed E-state index contributed by atoms with van der Waals surface area (Å²) >= 11 is 0. The molecule has 0 N–H and O–H groups in total. The molecule has 30 heavy (non-hydrogen) atoms. The molecule has 0 spiro atoms. The summed E-state index contributed by atoms with van der Waals surface area (Å²) in [5, 5.41) is 0. The monoisotopic (exact) mass is 401 g/mol. The van der Waals surface area contributed by atoms with Crippen molar-refractivity contribution < 1.29 is 14.3 Å². The van der Waals surface area contributed by atoms with Gasteiger partial charge in [0.05, 0.1) is 12.3 Å². The number of para-hydroxylation sites is 1. The fraction of sp³-hybridized carbons (Fsp3) is 0.269. The first-order chi connectivity index (χ1) is 14.4. The van der Waals surface area contributed by atoms with Gasteiger partial charge in [0.15, 0.2) is 0 Å². The van der Waals surface area contributed by atoms with Gasteiger partial charge in [0.2, 0.25) is 0 Å². The highest BCUT2D eigenvalue weighted by atomic mass is 16.6. The standard InChI is InChI=1S/C26H27NO3/c1-26(2,3)20-14-15-23(24(16-20)30-18-22-17-29-22)27(21-12-8-5-9-13-21)25(28)19-10-6-4-7-11-19/h4-16,22H,17-18H2,1-3H3. The summed E-state index contributed by atoms with van der Waals surface area (Å²) in [7, 11) is 0. The molecule has 0 radical (unpaired) electrons. The molecule has 1 fully saturated rings. The van der Waals surface area contributed by atoms with Gasteiger partial charge in [-0.05, 0) is 47.4 Å². The lowest BCUT2D eigenvalue weighted by Crippen LogP contribution is -2.27. The van der Waals surface area contributed by atoms with Crippen LogP contribution in [0.3, 0.4) is 0 Å². The van der Waals surface area contributed by atoms with E-state index in [1.807, 2.05) is 72.8 Å². The topological polar surface area (TPSA) is 42.1 Å². The molecule has 0 aliphatic carbocycles. The van der Waals surface area contributed by atoms with Gasteiger partial charge in [0, 0.05) is 11.3 Å². The molecule has 1 atom stereocenters. The predicted octanol–water partition coefficient (Wildman–Crippen LogP) is 5.74. The number of hydrogen-bond acceptors (Lipinski definition) is 3. The minimum atomic E-state index is -0.0992. The number of amides is 1. The zero-order chi connectivity index (χ0) is 21.1. The molecule has 1 amide bonds. The summed E-state index contributed by atoms with van der Waals surface area (Å²) < 4.78 is 11.5. The Morgan fingerprint density at radius 1 is 1.00 bits per heavy atom. The molecule has 0 bridgehead atoms. The summed E-state index contributed by atoms with van der Waals surface area (Å²) in [5.41, 5.74) is 3.26. The van der Waals surface area contributed by atoms with Gasteiger partial charge in [0.1, 0.15) is 18.5 Å². The van der Waals surface area contributed by atoms with Crippen LogP contribution in [-0.4, -0.2) is 25.2 Å². The first-order valence-electron chi connectivity index (χ1n) is 10.3. The van der Waals surface area contributed by atoms with Gasteiger partial charge in [-0.15, -0.1) is 0 Å². The lowest BCUT2D eigenvalue weighted by Gasteiger charge is -2.27. The third kappa shape index (κ3) is 4.55. The number of carbonyl (C=O) groups excluding carboxylic acids is 1. The summed E-state index contributed by atoms with van der Waals surface area (Å²) in [6.07, 6.45) is 0.131. The van der Waals surface area contributed by atoms with Gasteiger partial charge in [-0.1, -0.05) is 63.2 Å². The van der Waals surface area contributed by atoms with Crippen molar-refractivity contribution in [2.45, 2.75) is 32.3 Å². The molecule has 3 aromatic carbocycles. The van der Waals surface area contributed by atoms with Crippen LogP contribution in [0.5, 0.6) is 5.75 Å². The quantitative estimate of drug-likeness (QED) is 0.495. The minimum Gasteiger partial charge on any atom is -0.489 e. The van der Waals surface area contributed by atoms with Gasteiger partial charge in [-0.2, -0.15) is 0 Å². The first-order valence-corrected chi connectivity index (χ1v) is 10.3. The SMILES string of the molecule is CC(C)(C)c1ccc(N(C(=O)c2ccccc2)c2ccccc2)c(OCC2CO2)c1. The summed E-state index contributed by atoms with van der Waals surface area (Å²) in [5.74, 6) is 0.587. The Bertz CT molecular complexity index is 1010. The fourth-order valence-corrected chi connectivity index (χ4v) is 3.28. The van der Waals surface area contributed by atoms with Gasteiger partial charge < -0.3 is 9.47 Å². The average molecular weight is 402 g/mol. The second-order valence-electron chi connectivity index (χ2n) is 8.54. The Hall–Kier alpha value is -3.11. The normalized spacial score (nSPS) is 15.5. The van der Waals surface area contributed by atoms with Gasteiger partial charge in [0.25, 0.3) is 5.91 Å². The Kier molecular flexibility index (Phi) is 5.60. The summed E-state index contributed by atoms with van der Waals surface area (Å²) in [6.45, 7) is 7.70. The molecule has 1 heterocycles. The molecule has 0 aromatic heterocycles. The molecule has 4 heteroatoms. The van der Waals surface area contributed by atoms with Gasteiger partial charge >= 0.3 is 0 Å². The second kappa shape index (κ2) is 8.33. The summed E-state index contributed by atoms with van der Waals surface area (Å²) in [6, 6.07) is 25.1. The Labute approximate surface area is 178 Å². The Morgan fingerprint density at radius 3 is 2.23 bits per heavy atom. The van der Waals surface area contributed by atoms with Crippen molar-refractivity contribution in [3.63, 3.8) is 0 Å². The lowest BCUT2D eigenvalue weighted by molar-refractivity contribution is 0.0998. The van der Waals surface area contributed by atoms with E-state index >= 15 is 0 Å². The van der Waals surface area contributed by atoms with Crippen molar-refractivity contribution in [2.24, 2.45) is 0 Å². The molecule has 1 unspecified atom stereocenters. The number of nitrogens with zero attached hydrogens (tertiary/aromatic N) is 1. The third-order valence-electron chi connectivity index (χ3n) is 5.13. The number of hydrogen-bond donors (Lipinski definition) is 0. The van der Waals surface area contributed by atoms with Crippen LogP contribution in [0.4, 0.5) is 11.4 Å². The van der Waals surface area contributed by atoms with E-state index in [1.54, 1.807) is 4.90 Å². The van der Waals surface area contributed by atoms with Crippen molar-refractivity contribution in [3.05, 3.63) is 90.0 Å². The highest BCUT2D eigenvalue weighted by molar-refractivity contribution is 6.11. The maximum Gasteiger partial charge on any atom is 0.262 e. The average Bonchev–Trinajstić information content (AvgIpc) is 3.58. The van der Waals surface area contributed by atoms with E-state index in [2.05, 4.69) is 26.8 Å². The minimum absolute atomic E-state index is 0.0340. The predicted molar refractivity (Wildman–Crippen MR) is 120 cm³/mol. The van der Waals surface area contributed by atoms with Crippen LogP contribution in [-0.2, 0) is 10.2 Å². The molecular formula is C26H27NO3. The van der Waals surface area contributed by atoms with E-state index in [0.29, 0.717) is 17.9 Å². The number of ether oxygens (including phenoxy) is 2. The van der Waals surface area contributed by atoms with Crippen LogP contribution in [0.25, 0.3) is 0 Å². The van der Waals surface area contributed by atoms with Gasteiger partial charge in [-0.25, -0.2) is 0 Å². The van der Waals surface area contributed by atoms with Crippen LogP contribution in [0.1, 0.15) is 36.7 Å². The molecule has 4 rings (SSSR count). The highest BCUT2D eigenvalue weighted by Crippen LogP contribution is 2.38. The van der Waals surface area contributed by atoms with E-state index < -0.39 is 0 Å². The van der Waals surface area contributed by atoms with E-state index in [0.717, 1.165) is 23.5 Å². The van der Waals surface area contributed by atoms with Crippen LogP contribution < -0.4 is 9.64 Å². The molecule has 4 nitrogen and oxygen atoms in total. The highest BCUT2D eigenvalue weighted by Gasteiger charge is 2.27. The third-order valence-corrected chi connectivity index (χ3v) is 5.13. The molecule has 154 valence electrons. The molecule has 1 aliphatic rings. The number of carbonyl (C=O) groups is 1. The van der Waals surface area contributed by atoms with E-state index in [9.17, 15) is 4.79 Å². The molecule has 3 aromatic rings. The van der Waals surface area contributed by atoms with E-state index in [-0.39, 0.29) is 17.4 Å². The number of epoxide rings is 1. The van der Waals surface area contributed by atoms with Crippen LogP contribution in [0, 0.1) is 0 Å². The molecule has 0 saturated carbocycles. The van der Waals surface area contributed by atoms with Crippen molar-refractivity contribution in [3.8, 4) is 5.75 Å². The maximum absolute atomic E-state index is 13.6. The van der Waals surface area contributed by atoms with E-state index in [4.69, 9.17) is 9.47 Å². The molecular weight excluding hydrogens is 374 g/mol. The van der Waals surface area contributed by atoms with Crippen molar-refractivity contribution in [1.29, 1.82) is 0 Å². The van der Waals surface area contributed by atoms with Crippen molar-refractivity contribution in [2.75, 3.05) is 18.1 Å². The maximum atomic E-state index is 13.6. The van der Waals surface area contributed by atoms with Crippen molar-refractivity contribution in [1.82, 2.24) is 0 Å². The molecule has 1 aliphatic heterocycles. The second-order valence-corrected chi connectivity index (χ2v) is 8.54. The number of anilines is 2. The largest absolute Gasteiger partial charge is 0.489 e. The number of benzene rings is 3. The number of rotatable bonds is 6. The smallest absolute Gasteiger partial charge is 0.262 e. The summed E-state index contributed by atoms with van der Waals surface area (Å²) in [4.78, 5) is 15.3. The fourth-order valence-electron chi connectivity index (χ4n) is 3.28. The zero-order valence-corrected chi connectivity index (χ0v) is 17.7.